The summed E-state index contributed by atoms with van der Waals surface area (Å²) in [7, 11) is 0. The van der Waals surface area contributed by atoms with Gasteiger partial charge in [-0.25, -0.2) is 0 Å². The van der Waals surface area contributed by atoms with Crippen molar-refractivity contribution in [1.29, 1.82) is 0 Å². The first-order chi connectivity index (χ1) is 14.5. The highest BCUT2D eigenvalue weighted by atomic mass is 16.1. The number of ketones is 2. The third-order valence-electron chi connectivity index (χ3n) is 4.70. The zero-order chi connectivity index (χ0) is 21.3. The number of carbonyl (C=O) groups excluding carboxylic acids is 2. The molecule has 4 aromatic rings. The van der Waals surface area contributed by atoms with E-state index < -0.39 is 0 Å². The second-order valence-electron chi connectivity index (χ2n) is 7.12. The Hall–Kier alpha value is -3.78. The van der Waals surface area contributed by atoms with Crippen molar-refractivity contribution in [2.24, 2.45) is 0 Å². The molecular weight excluding hydrogens is 368 g/mol. The number of carbonyl (C=O) groups is 2. The van der Waals surface area contributed by atoms with E-state index in [9.17, 15) is 9.59 Å². The molecule has 0 N–H and O–H groups in total. The lowest BCUT2D eigenvalue weighted by molar-refractivity contribution is 0.103. The Bertz CT molecular complexity index is 1000. The summed E-state index contributed by atoms with van der Waals surface area (Å²) in [6.45, 7) is 4.02. The topological polar surface area (TPSA) is 34.1 Å². The van der Waals surface area contributed by atoms with Gasteiger partial charge in [-0.05, 0) is 13.8 Å². The van der Waals surface area contributed by atoms with Crippen LogP contribution in [0.3, 0.4) is 0 Å². The Morgan fingerprint density at radius 1 is 0.400 bits per heavy atom. The van der Waals surface area contributed by atoms with E-state index >= 15 is 0 Å². The first kappa shape index (κ1) is 20.9. The predicted octanol–water partition coefficient (Wildman–Crippen LogP) is 6.45. The Kier molecular flexibility index (Phi) is 7.07. The lowest BCUT2D eigenvalue weighted by Crippen LogP contribution is -2.00. The molecule has 0 radical (unpaired) electrons. The SMILES string of the molecule is Cc1ccc(C(=O)c2ccccc2)cc1.Cc1ccc(C(=O)c2ccccc2)cc1. The molecule has 0 atom stereocenters. The van der Waals surface area contributed by atoms with Crippen LogP contribution in [0.5, 0.6) is 0 Å². The third-order valence-corrected chi connectivity index (χ3v) is 4.70. The fraction of sp³-hybridized carbons (Fsp3) is 0.0714. The smallest absolute Gasteiger partial charge is 0.193 e. The van der Waals surface area contributed by atoms with E-state index in [1.807, 2.05) is 123 Å². The Morgan fingerprint density at radius 2 is 0.667 bits per heavy atom. The van der Waals surface area contributed by atoms with E-state index in [0.717, 1.165) is 22.3 Å². The molecule has 0 aliphatic rings. The molecule has 30 heavy (non-hydrogen) atoms. The van der Waals surface area contributed by atoms with Crippen molar-refractivity contribution in [2.75, 3.05) is 0 Å². The lowest BCUT2D eigenvalue weighted by atomic mass is 10.0. The highest BCUT2D eigenvalue weighted by molar-refractivity contribution is 6.09. The van der Waals surface area contributed by atoms with Crippen molar-refractivity contribution in [1.82, 2.24) is 0 Å². The van der Waals surface area contributed by atoms with Crippen LogP contribution in [-0.4, -0.2) is 11.6 Å². The molecule has 2 nitrogen and oxygen atoms in total. The summed E-state index contributed by atoms with van der Waals surface area (Å²) in [5, 5.41) is 0. The zero-order valence-corrected chi connectivity index (χ0v) is 17.2. The molecule has 0 fully saturated rings. The van der Waals surface area contributed by atoms with E-state index in [1.54, 1.807) is 0 Å². The van der Waals surface area contributed by atoms with Gasteiger partial charge < -0.3 is 0 Å². The molecule has 0 aromatic heterocycles. The van der Waals surface area contributed by atoms with Crippen LogP contribution in [0.4, 0.5) is 0 Å². The molecule has 0 heterocycles. The van der Waals surface area contributed by atoms with E-state index in [1.165, 1.54) is 11.1 Å². The van der Waals surface area contributed by atoms with Crippen molar-refractivity contribution in [3.8, 4) is 0 Å². The molecule has 2 heteroatoms. The number of aryl methyl sites for hydroxylation is 2. The van der Waals surface area contributed by atoms with Gasteiger partial charge in [-0.15, -0.1) is 0 Å². The predicted molar refractivity (Wildman–Crippen MR) is 122 cm³/mol. The maximum atomic E-state index is 12.0. The average Bonchev–Trinajstić information content (AvgIpc) is 2.81. The molecule has 0 bridgehead atoms. The van der Waals surface area contributed by atoms with Crippen molar-refractivity contribution >= 4 is 11.6 Å². The maximum absolute atomic E-state index is 12.0. The van der Waals surface area contributed by atoms with Gasteiger partial charge in [0.1, 0.15) is 0 Å². The highest BCUT2D eigenvalue weighted by Gasteiger charge is 2.07. The van der Waals surface area contributed by atoms with Crippen LogP contribution in [0.2, 0.25) is 0 Å². The largest absolute Gasteiger partial charge is 0.289 e. The van der Waals surface area contributed by atoms with Crippen LogP contribution >= 0.6 is 0 Å². The summed E-state index contributed by atoms with van der Waals surface area (Å²) in [6.07, 6.45) is 0. The summed E-state index contributed by atoms with van der Waals surface area (Å²) in [5.41, 5.74) is 5.29. The first-order valence-corrected chi connectivity index (χ1v) is 9.87. The number of hydrogen-bond acceptors (Lipinski definition) is 2. The van der Waals surface area contributed by atoms with Crippen LogP contribution in [0.15, 0.2) is 109 Å². The Balaban J connectivity index is 0.000000171. The summed E-state index contributed by atoms with van der Waals surface area (Å²) in [4.78, 5) is 23.9. The zero-order valence-electron chi connectivity index (χ0n) is 17.2. The second kappa shape index (κ2) is 10.1. The fourth-order valence-electron chi connectivity index (χ4n) is 2.92. The molecule has 0 aliphatic carbocycles. The van der Waals surface area contributed by atoms with Gasteiger partial charge in [0.05, 0.1) is 0 Å². The van der Waals surface area contributed by atoms with Gasteiger partial charge in [0.15, 0.2) is 11.6 Å². The quantitative estimate of drug-likeness (QED) is 0.374. The molecule has 0 aliphatic heterocycles. The van der Waals surface area contributed by atoms with Crippen molar-refractivity contribution in [3.63, 3.8) is 0 Å². The monoisotopic (exact) mass is 392 g/mol. The summed E-state index contributed by atoms with van der Waals surface area (Å²) < 4.78 is 0. The van der Waals surface area contributed by atoms with Gasteiger partial charge in [0.2, 0.25) is 0 Å². The first-order valence-electron chi connectivity index (χ1n) is 9.87. The van der Waals surface area contributed by atoms with Crippen LogP contribution in [0.25, 0.3) is 0 Å². The fourth-order valence-corrected chi connectivity index (χ4v) is 2.92. The summed E-state index contributed by atoms with van der Waals surface area (Å²) >= 11 is 0. The maximum Gasteiger partial charge on any atom is 0.193 e. The Morgan fingerprint density at radius 3 is 0.967 bits per heavy atom. The standard InChI is InChI=1S/2C14H12O/c2*1-11-7-9-13(10-8-11)14(15)12-5-3-2-4-6-12/h2*2-10H,1H3. The van der Waals surface area contributed by atoms with Crippen LogP contribution in [-0.2, 0) is 0 Å². The van der Waals surface area contributed by atoms with E-state index in [0.29, 0.717) is 0 Å². The molecule has 0 saturated heterocycles. The van der Waals surface area contributed by atoms with Crippen LogP contribution in [0, 0.1) is 13.8 Å². The van der Waals surface area contributed by atoms with Crippen LogP contribution in [0.1, 0.15) is 43.0 Å². The van der Waals surface area contributed by atoms with Gasteiger partial charge in [0.25, 0.3) is 0 Å². The summed E-state index contributed by atoms with van der Waals surface area (Å²) in [6, 6.07) is 33.9. The van der Waals surface area contributed by atoms with Gasteiger partial charge in [-0.1, -0.05) is 120 Å². The van der Waals surface area contributed by atoms with E-state index in [2.05, 4.69) is 0 Å². The normalized spacial score (nSPS) is 9.93. The number of rotatable bonds is 4. The molecule has 0 amide bonds. The van der Waals surface area contributed by atoms with E-state index in [-0.39, 0.29) is 11.6 Å². The van der Waals surface area contributed by atoms with Gasteiger partial charge >= 0.3 is 0 Å². The number of benzene rings is 4. The molecule has 0 spiro atoms. The molecule has 4 aromatic carbocycles. The van der Waals surface area contributed by atoms with Crippen LogP contribution < -0.4 is 0 Å². The van der Waals surface area contributed by atoms with Crippen molar-refractivity contribution in [3.05, 3.63) is 143 Å². The van der Waals surface area contributed by atoms with Gasteiger partial charge in [0, 0.05) is 22.3 Å². The molecule has 0 saturated carbocycles. The molecule has 0 unspecified atom stereocenters. The summed E-state index contributed by atoms with van der Waals surface area (Å²) in [5.74, 6) is 0.159. The van der Waals surface area contributed by atoms with E-state index in [4.69, 9.17) is 0 Å². The minimum atomic E-state index is 0.0793. The molecular formula is C28H24O2. The third kappa shape index (κ3) is 5.62. The number of hydrogen-bond donors (Lipinski definition) is 0. The highest BCUT2D eigenvalue weighted by Crippen LogP contribution is 2.11. The minimum Gasteiger partial charge on any atom is -0.289 e. The minimum absolute atomic E-state index is 0.0793. The molecule has 148 valence electrons. The average molecular weight is 392 g/mol. The lowest BCUT2D eigenvalue weighted by Gasteiger charge is -2.00. The Labute approximate surface area is 177 Å². The van der Waals surface area contributed by atoms with Crippen molar-refractivity contribution in [2.45, 2.75) is 13.8 Å². The van der Waals surface area contributed by atoms with Gasteiger partial charge in [-0.2, -0.15) is 0 Å². The van der Waals surface area contributed by atoms with Crippen molar-refractivity contribution < 1.29 is 9.59 Å². The molecule has 4 rings (SSSR count). The van der Waals surface area contributed by atoms with Gasteiger partial charge in [-0.3, -0.25) is 9.59 Å². The second-order valence-corrected chi connectivity index (χ2v) is 7.12.